The van der Waals surface area contributed by atoms with Gasteiger partial charge in [-0.1, -0.05) is 140 Å². The molecule has 10 aromatic rings. The van der Waals surface area contributed by atoms with Crippen molar-refractivity contribution in [3.05, 3.63) is 188 Å². The van der Waals surface area contributed by atoms with Crippen LogP contribution in [0.15, 0.2) is 188 Å². The zero-order chi connectivity index (χ0) is 33.8. The molecule has 0 bridgehead atoms. The van der Waals surface area contributed by atoms with E-state index in [1.54, 1.807) is 12.4 Å². The molecule has 3 nitrogen and oxygen atoms in total. The first kappa shape index (κ1) is 29.7. The maximum atomic E-state index is 4.57. The highest BCUT2D eigenvalue weighted by atomic mass is 32.1. The predicted molar refractivity (Wildman–Crippen MR) is 218 cm³/mol. The number of aromatic nitrogens is 3. The Balaban J connectivity index is 1.27. The standard InChI is InChI=1S/C46H31N3SSi/c1-5-14-33(15-6-1)49-41-27-26-39-38-25-23-37(51(34-16-7-2-8-17-34,35-18-9-3-10-19-35)36-20-11-4-12-21-36)31-43(38)50-45(39)44(41)40-24-22-32(30-42(40)49)46-47-28-13-29-48-46/h1-31H. The SMILES string of the molecule is c1ccc(-n2c3cc(-c4ncccn4)ccc3c3c4sc5cc([Si](c6ccccc6)(c6ccccc6)c6ccccc6)ccc5c4ccc32)cc1. The van der Waals surface area contributed by atoms with Crippen LogP contribution in [0.4, 0.5) is 0 Å². The molecule has 0 N–H and O–H groups in total. The highest BCUT2D eigenvalue weighted by molar-refractivity contribution is 7.27. The van der Waals surface area contributed by atoms with E-state index in [-0.39, 0.29) is 0 Å². The Morgan fingerprint density at radius 1 is 0.451 bits per heavy atom. The second-order valence-electron chi connectivity index (χ2n) is 13.0. The summed E-state index contributed by atoms with van der Waals surface area (Å²) in [5.74, 6) is 0.728. The molecule has 0 unspecified atom stereocenters. The van der Waals surface area contributed by atoms with Gasteiger partial charge in [-0.2, -0.15) is 0 Å². The fourth-order valence-corrected chi connectivity index (χ4v) is 14.2. The van der Waals surface area contributed by atoms with Crippen LogP contribution in [0, 0.1) is 0 Å². The molecule has 0 amide bonds. The van der Waals surface area contributed by atoms with E-state index in [0.717, 1.165) is 22.6 Å². The van der Waals surface area contributed by atoms with Crippen molar-refractivity contribution >= 4 is 82.1 Å². The van der Waals surface area contributed by atoms with Gasteiger partial charge in [0.15, 0.2) is 13.9 Å². The maximum Gasteiger partial charge on any atom is 0.179 e. The highest BCUT2D eigenvalue weighted by Crippen LogP contribution is 2.43. The first-order valence-electron chi connectivity index (χ1n) is 17.2. The Labute approximate surface area is 300 Å². The summed E-state index contributed by atoms with van der Waals surface area (Å²) in [5, 5.41) is 10.6. The van der Waals surface area contributed by atoms with Gasteiger partial charge in [0, 0.05) is 54.6 Å². The average Bonchev–Trinajstić information content (AvgIpc) is 3.75. The molecule has 0 fully saturated rings. The first-order chi connectivity index (χ1) is 25.3. The van der Waals surface area contributed by atoms with Gasteiger partial charge in [-0.25, -0.2) is 9.97 Å². The van der Waals surface area contributed by atoms with Crippen molar-refractivity contribution in [2.45, 2.75) is 0 Å². The molecule has 0 spiro atoms. The minimum atomic E-state index is -2.65. The molecular weight excluding hydrogens is 655 g/mol. The number of fused-ring (bicyclic) bond motifs is 7. The van der Waals surface area contributed by atoms with Crippen LogP contribution >= 0.6 is 11.3 Å². The molecule has 10 rings (SSSR count). The van der Waals surface area contributed by atoms with Gasteiger partial charge >= 0.3 is 0 Å². The molecule has 0 aliphatic carbocycles. The Kier molecular flexibility index (Phi) is 7.01. The van der Waals surface area contributed by atoms with E-state index < -0.39 is 8.07 Å². The predicted octanol–water partition coefficient (Wildman–Crippen LogP) is 8.99. The molecule has 5 heteroatoms. The van der Waals surface area contributed by atoms with Crippen LogP contribution in [-0.4, -0.2) is 22.6 Å². The molecule has 0 saturated carbocycles. The van der Waals surface area contributed by atoms with Gasteiger partial charge in [0.05, 0.1) is 11.0 Å². The van der Waals surface area contributed by atoms with Crippen molar-refractivity contribution in [3.63, 3.8) is 0 Å². The summed E-state index contributed by atoms with van der Waals surface area (Å²) in [5.41, 5.74) is 4.48. The number of thiophene rings is 1. The number of rotatable bonds is 6. The third-order valence-electron chi connectivity index (χ3n) is 10.3. The third kappa shape index (κ3) is 4.63. The lowest BCUT2D eigenvalue weighted by molar-refractivity contribution is 1.16. The summed E-state index contributed by atoms with van der Waals surface area (Å²) in [6.07, 6.45) is 3.61. The number of hydrogen-bond donors (Lipinski definition) is 0. The molecule has 0 saturated heterocycles. The molecule has 0 aliphatic rings. The summed E-state index contributed by atoms with van der Waals surface area (Å²) in [6, 6.07) is 64.6. The van der Waals surface area contributed by atoms with Gasteiger partial charge in [0.2, 0.25) is 0 Å². The minimum absolute atomic E-state index is 0.728. The fraction of sp³-hybridized carbons (Fsp3) is 0. The van der Waals surface area contributed by atoms with E-state index in [0.29, 0.717) is 0 Å². The quantitative estimate of drug-likeness (QED) is 0.129. The van der Waals surface area contributed by atoms with Gasteiger partial charge in [-0.3, -0.25) is 0 Å². The Bertz CT molecular complexity index is 2740. The Morgan fingerprint density at radius 2 is 1.02 bits per heavy atom. The second-order valence-corrected chi connectivity index (χ2v) is 17.8. The molecule has 51 heavy (non-hydrogen) atoms. The van der Waals surface area contributed by atoms with Crippen molar-refractivity contribution in [2.75, 3.05) is 0 Å². The first-order valence-corrected chi connectivity index (χ1v) is 20.1. The number of hydrogen-bond acceptors (Lipinski definition) is 3. The van der Waals surface area contributed by atoms with Gasteiger partial charge in [-0.05, 0) is 57.1 Å². The van der Waals surface area contributed by atoms with Crippen LogP contribution in [0.2, 0.25) is 0 Å². The van der Waals surface area contributed by atoms with Crippen molar-refractivity contribution < 1.29 is 0 Å². The van der Waals surface area contributed by atoms with Gasteiger partial charge in [-0.15, -0.1) is 11.3 Å². The van der Waals surface area contributed by atoms with Crippen LogP contribution in [0.5, 0.6) is 0 Å². The Hall–Kier alpha value is -6.14. The minimum Gasteiger partial charge on any atom is -0.309 e. The largest absolute Gasteiger partial charge is 0.309 e. The lowest BCUT2D eigenvalue weighted by Crippen LogP contribution is -2.74. The van der Waals surface area contributed by atoms with Crippen molar-refractivity contribution in [1.82, 2.24) is 14.5 Å². The molecule has 0 atom stereocenters. The fourth-order valence-electron chi connectivity index (χ4n) is 8.07. The van der Waals surface area contributed by atoms with Crippen molar-refractivity contribution in [3.8, 4) is 17.1 Å². The zero-order valence-electron chi connectivity index (χ0n) is 27.6. The summed E-state index contributed by atoms with van der Waals surface area (Å²) in [7, 11) is -2.65. The van der Waals surface area contributed by atoms with Gasteiger partial charge < -0.3 is 4.57 Å². The molecular formula is C46H31N3SSi. The monoisotopic (exact) mass is 685 g/mol. The van der Waals surface area contributed by atoms with Crippen LogP contribution in [0.1, 0.15) is 0 Å². The van der Waals surface area contributed by atoms with E-state index in [1.807, 2.05) is 17.4 Å². The topological polar surface area (TPSA) is 30.7 Å². The number of benzene rings is 7. The molecule has 3 aromatic heterocycles. The van der Waals surface area contributed by atoms with Crippen molar-refractivity contribution in [2.24, 2.45) is 0 Å². The van der Waals surface area contributed by atoms with Crippen molar-refractivity contribution in [1.29, 1.82) is 0 Å². The van der Waals surface area contributed by atoms with E-state index in [9.17, 15) is 0 Å². The zero-order valence-corrected chi connectivity index (χ0v) is 29.5. The third-order valence-corrected chi connectivity index (χ3v) is 16.2. The molecule has 0 aliphatic heterocycles. The molecule has 240 valence electrons. The summed E-state index contributed by atoms with van der Waals surface area (Å²) < 4.78 is 5.02. The summed E-state index contributed by atoms with van der Waals surface area (Å²) in [6.45, 7) is 0. The summed E-state index contributed by atoms with van der Waals surface area (Å²) in [4.78, 5) is 9.14. The second kappa shape index (κ2) is 12.0. The smallest absolute Gasteiger partial charge is 0.179 e. The number of para-hydroxylation sites is 1. The van der Waals surface area contributed by atoms with E-state index in [2.05, 4.69) is 184 Å². The lowest BCUT2D eigenvalue weighted by atomic mass is 10.1. The van der Waals surface area contributed by atoms with Crippen LogP contribution in [0.3, 0.4) is 0 Å². The van der Waals surface area contributed by atoms with Crippen LogP contribution in [0.25, 0.3) is 59.1 Å². The van der Waals surface area contributed by atoms with Crippen LogP contribution in [-0.2, 0) is 0 Å². The van der Waals surface area contributed by atoms with E-state index in [4.69, 9.17) is 0 Å². The molecule has 0 radical (unpaired) electrons. The highest BCUT2D eigenvalue weighted by Gasteiger charge is 2.41. The maximum absolute atomic E-state index is 4.57. The van der Waals surface area contributed by atoms with Gasteiger partial charge in [0.25, 0.3) is 0 Å². The summed E-state index contributed by atoms with van der Waals surface area (Å²) >= 11 is 1.92. The van der Waals surface area contributed by atoms with Gasteiger partial charge in [0.1, 0.15) is 0 Å². The van der Waals surface area contributed by atoms with E-state index in [1.165, 1.54) is 57.2 Å². The normalized spacial score (nSPS) is 11.9. The lowest BCUT2D eigenvalue weighted by Gasteiger charge is -2.34. The number of nitrogens with zero attached hydrogens (tertiary/aromatic N) is 3. The Morgan fingerprint density at radius 3 is 1.65 bits per heavy atom. The molecule has 7 aromatic carbocycles. The molecule has 3 heterocycles. The average molecular weight is 686 g/mol. The van der Waals surface area contributed by atoms with E-state index >= 15 is 0 Å². The van der Waals surface area contributed by atoms with Crippen LogP contribution < -0.4 is 20.7 Å².